The van der Waals surface area contributed by atoms with Crippen LogP contribution in [0, 0.1) is 0 Å². The Morgan fingerprint density at radius 1 is 0.719 bits per heavy atom. The highest BCUT2D eigenvalue weighted by molar-refractivity contribution is 9.11. The quantitative estimate of drug-likeness (QED) is 0.164. The summed E-state index contributed by atoms with van der Waals surface area (Å²) in [6.07, 6.45) is 3.47. The van der Waals surface area contributed by atoms with Gasteiger partial charge in [0.25, 0.3) is 0 Å². The molecule has 0 spiro atoms. The maximum Gasteiger partial charge on any atom is 0.221 e. The van der Waals surface area contributed by atoms with E-state index >= 15 is 0 Å². The van der Waals surface area contributed by atoms with E-state index in [9.17, 15) is 0 Å². The first-order chi connectivity index (χ1) is 15.6. The Labute approximate surface area is 209 Å². The summed E-state index contributed by atoms with van der Waals surface area (Å²) >= 11 is 12.8. The summed E-state index contributed by atoms with van der Waals surface area (Å²) in [5.74, 6) is 0.636. The van der Waals surface area contributed by atoms with Crippen LogP contribution in [0.2, 0.25) is 5.15 Å². The molecular weight excluding hydrogens is 560 g/mol. The average Bonchev–Trinajstić information content (AvgIpc) is 2.83. The predicted octanol–water partition coefficient (Wildman–Crippen LogP) is 7.08. The zero-order valence-corrected chi connectivity index (χ0v) is 21.5. The molecule has 5 nitrogen and oxygen atoms in total. The first kappa shape index (κ1) is 24.9. The first-order valence-electron chi connectivity index (χ1n) is 10.1. The molecule has 0 N–H and O–H groups in total. The summed E-state index contributed by atoms with van der Waals surface area (Å²) in [7, 11) is 0. The highest BCUT2D eigenvalue weighted by Crippen LogP contribution is 2.29. The SMILES string of the molecule is CCOCCOCCOc1ncc(Br)c2ccccc12.Clc1ncc(Br)c2ccccc12. The molecule has 0 aliphatic rings. The van der Waals surface area contributed by atoms with Gasteiger partial charge in [0.05, 0.1) is 19.8 Å². The van der Waals surface area contributed by atoms with Gasteiger partial charge in [-0.1, -0.05) is 54.1 Å². The lowest BCUT2D eigenvalue weighted by Crippen LogP contribution is -2.11. The molecule has 0 amide bonds. The Morgan fingerprint density at radius 2 is 1.25 bits per heavy atom. The van der Waals surface area contributed by atoms with Crippen molar-refractivity contribution in [2.75, 3.05) is 33.0 Å². The monoisotopic (exact) mass is 580 g/mol. The third kappa shape index (κ3) is 6.86. The number of halogens is 3. The van der Waals surface area contributed by atoms with Crippen LogP contribution < -0.4 is 4.74 Å². The van der Waals surface area contributed by atoms with Crippen molar-refractivity contribution in [3.63, 3.8) is 0 Å². The van der Waals surface area contributed by atoms with Crippen LogP contribution in [-0.4, -0.2) is 43.0 Å². The number of hydrogen-bond acceptors (Lipinski definition) is 5. The molecule has 2 heterocycles. The smallest absolute Gasteiger partial charge is 0.221 e. The Kier molecular flexibility index (Phi) is 10.1. The minimum Gasteiger partial charge on any atom is -0.475 e. The van der Waals surface area contributed by atoms with Crippen LogP contribution in [0.1, 0.15) is 6.92 Å². The molecule has 2 aromatic carbocycles. The van der Waals surface area contributed by atoms with E-state index in [1.165, 1.54) is 0 Å². The number of hydrogen-bond donors (Lipinski definition) is 0. The molecule has 0 fully saturated rings. The lowest BCUT2D eigenvalue weighted by molar-refractivity contribution is 0.0401. The van der Waals surface area contributed by atoms with Crippen LogP contribution in [0.3, 0.4) is 0 Å². The first-order valence-corrected chi connectivity index (χ1v) is 12.1. The molecule has 0 radical (unpaired) electrons. The zero-order valence-electron chi connectivity index (χ0n) is 17.6. The van der Waals surface area contributed by atoms with Crippen LogP contribution >= 0.6 is 43.5 Å². The molecule has 4 aromatic rings. The molecule has 0 saturated carbocycles. The van der Waals surface area contributed by atoms with Crippen molar-refractivity contribution in [3.05, 3.63) is 75.0 Å². The van der Waals surface area contributed by atoms with Gasteiger partial charge in [-0.3, -0.25) is 0 Å². The van der Waals surface area contributed by atoms with E-state index in [-0.39, 0.29) is 0 Å². The second-order valence-electron chi connectivity index (χ2n) is 6.56. The normalized spacial score (nSPS) is 10.8. The van der Waals surface area contributed by atoms with E-state index in [1.807, 2.05) is 55.5 Å². The molecule has 32 heavy (non-hydrogen) atoms. The van der Waals surface area contributed by atoms with Gasteiger partial charge in [-0.05, 0) is 44.8 Å². The van der Waals surface area contributed by atoms with Crippen LogP contribution in [0.5, 0.6) is 5.88 Å². The highest BCUT2D eigenvalue weighted by atomic mass is 79.9. The predicted molar refractivity (Wildman–Crippen MR) is 137 cm³/mol. The summed E-state index contributed by atoms with van der Waals surface area (Å²) in [4.78, 5) is 8.33. The third-order valence-corrected chi connectivity index (χ3v) is 6.02. The fourth-order valence-corrected chi connectivity index (χ4v) is 4.04. The lowest BCUT2D eigenvalue weighted by atomic mass is 10.2. The summed E-state index contributed by atoms with van der Waals surface area (Å²) in [6, 6.07) is 15.9. The fraction of sp³-hybridized carbons (Fsp3) is 0.250. The second-order valence-corrected chi connectivity index (χ2v) is 8.62. The van der Waals surface area contributed by atoms with Gasteiger partial charge in [0.1, 0.15) is 11.8 Å². The Balaban J connectivity index is 0.000000204. The van der Waals surface area contributed by atoms with E-state index < -0.39 is 0 Å². The largest absolute Gasteiger partial charge is 0.475 e. The van der Waals surface area contributed by atoms with E-state index in [0.29, 0.717) is 44.1 Å². The number of nitrogens with zero attached hydrogens (tertiary/aromatic N) is 2. The average molecular weight is 583 g/mol. The second kappa shape index (κ2) is 13.1. The maximum atomic E-state index is 5.90. The molecule has 168 valence electrons. The van der Waals surface area contributed by atoms with Gasteiger partial charge in [-0.15, -0.1) is 0 Å². The maximum absolute atomic E-state index is 5.90. The molecule has 8 heteroatoms. The standard InChI is InChI=1S/C15H18BrNO3.C9H5BrClN/c1-2-18-7-8-19-9-10-20-15-13-6-4-3-5-12(13)14(16)11-17-15;10-8-5-12-9(11)7-4-2-1-3-6(7)8/h3-6,11H,2,7-10H2,1H3;1-5H. The van der Waals surface area contributed by atoms with Gasteiger partial charge in [0.2, 0.25) is 5.88 Å². The van der Waals surface area contributed by atoms with E-state index in [0.717, 1.165) is 30.5 Å². The molecular formula is C24H23Br2ClN2O3. The van der Waals surface area contributed by atoms with Crippen LogP contribution in [0.15, 0.2) is 69.9 Å². The number of aromatic nitrogens is 2. The Hall–Kier alpha value is -1.77. The van der Waals surface area contributed by atoms with E-state index in [4.69, 9.17) is 25.8 Å². The van der Waals surface area contributed by atoms with Crippen molar-refractivity contribution >= 4 is 65.0 Å². The van der Waals surface area contributed by atoms with Crippen LogP contribution in [0.4, 0.5) is 0 Å². The van der Waals surface area contributed by atoms with Crippen molar-refractivity contribution < 1.29 is 14.2 Å². The minimum atomic E-state index is 0.477. The zero-order chi connectivity index (χ0) is 22.8. The number of pyridine rings is 2. The van der Waals surface area contributed by atoms with Gasteiger partial charge in [-0.25, -0.2) is 9.97 Å². The van der Waals surface area contributed by atoms with Crippen molar-refractivity contribution in [2.45, 2.75) is 6.92 Å². The van der Waals surface area contributed by atoms with Crippen molar-refractivity contribution in [1.29, 1.82) is 0 Å². The summed E-state index contributed by atoms with van der Waals surface area (Å²) in [5, 5.41) is 4.71. The van der Waals surface area contributed by atoms with E-state index in [1.54, 1.807) is 12.4 Å². The Bertz CT molecular complexity index is 1120. The lowest BCUT2D eigenvalue weighted by Gasteiger charge is -2.09. The fourth-order valence-electron chi connectivity index (χ4n) is 2.93. The summed E-state index contributed by atoms with van der Waals surface area (Å²) in [6.45, 7) is 4.90. The third-order valence-electron chi connectivity index (χ3n) is 4.45. The summed E-state index contributed by atoms with van der Waals surface area (Å²) in [5.41, 5.74) is 0. The molecule has 0 bridgehead atoms. The van der Waals surface area contributed by atoms with Crippen molar-refractivity contribution in [3.8, 4) is 5.88 Å². The molecule has 0 unspecified atom stereocenters. The number of benzene rings is 2. The highest BCUT2D eigenvalue weighted by Gasteiger charge is 2.06. The molecule has 0 saturated heterocycles. The van der Waals surface area contributed by atoms with Gasteiger partial charge in [0, 0.05) is 49.5 Å². The molecule has 4 rings (SSSR count). The number of rotatable bonds is 8. The van der Waals surface area contributed by atoms with E-state index in [2.05, 4.69) is 41.8 Å². The molecule has 2 aromatic heterocycles. The number of fused-ring (bicyclic) bond motifs is 2. The Morgan fingerprint density at radius 3 is 1.91 bits per heavy atom. The van der Waals surface area contributed by atoms with Gasteiger partial charge < -0.3 is 14.2 Å². The summed E-state index contributed by atoms with van der Waals surface area (Å²) < 4.78 is 18.2. The van der Waals surface area contributed by atoms with Gasteiger partial charge in [-0.2, -0.15) is 0 Å². The molecule has 0 aliphatic carbocycles. The van der Waals surface area contributed by atoms with Crippen LogP contribution in [0.25, 0.3) is 21.5 Å². The van der Waals surface area contributed by atoms with Crippen molar-refractivity contribution in [1.82, 2.24) is 9.97 Å². The molecule has 0 atom stereocenters. The van der Waals surface area contributed by atoms with Gasteiger partial charge >= 0.3 is 0 Å². The minimum absolute atomic E-state index is 0.477. The van der Waals surface area contributed by atoms with Crippen molar-refractivity contribution in [2.24, 2.45) is 0 Å². The number of ether oxygens (including phenoxy) is 3. The topological polar surface area (TPSA) is 53.5 Å². The van der Waals surface area contributed by atoms with Crippen LogP contribution in [-0.2, 0) is 9.47 Å². The van der Waals surface area contributed by atoms with Gasteiger partial charge in [0.15, 0.2) is 0 Å². The molecule has 0 aliphatic heterocycles.